The van der Waals surface area contributed by atoms with Crippen LogP contribution in [0.1, 0.15) is 35.3 Å². The number of hydroxylamine groups is 1. The Labute approximate surface area is 165 Å². The zero-order valence-electron chi connectivity index (χ0n) is 17.0. The van der Waals surface area contributed by atoms with Crippen LogP contribution in [0.4, 0.5) is 10.1 Å². The summed E-state index contributed by atoms with van der Waals surface area (Å²) >= 11 is 0. The van der Waals surface area contributed by atoms with Crippen molar-refractivity contribution in [1.29, 1.82) is 0 Å². The van der Waals surface area contributed by atoms with Gasteiger partial charge in [0, 0.05) is 30.4 Å². The summed E-state index contributed by atoms with van der Waals surface area (Å²) in [5, 5.41) is 7.54. The van der Waals surface area contributed by atoms with Gasteiger partial charge in [-0.25, -0.2) is 4.68 Å². The van der Waals surface area contributed by atoms with E-state index in [-0.39, 0.29) is 12.0 Å². The number of hydrogen-bond acceptors (Lipinski definition) is 4. The molecule has 5 nitrogen and oxygen atoms in total. The Morgan fingerprint density at radius 1 is 1.14 bits per heavy atom. The molecule has 3 aromatic rings. The highest BCUT2D eigenvalue weighted by Crippen LogP contribution is 2.32. The molecule has 0 amide bonds. The lowest BCUT2D eigenvalue weighted by Crippen LogP contribution is -2.16. The zero-order chi connectivity index (χ0) is 20.3. The van der Waals surface area contributed by atoms with Gasteiger partial charge in [0.25, 0.3) is 0 Å². The van der Waals surface area contributed by atoms with Crippen molar-refractivity contribution in [2.75, 3.05) is 12.4 Å². The Hall–Kier alpha value is -2.70. The van der Waals surface area contributed by atoms with E-state index in [0.717, 1.165) is 27.9 Å². The van der Waals surface area contributed by atoms with Crippen molar-refractivity contribution < 1.29 is 9.23 Å². The molecule has 1 heterocycles. The van der Waals surface area contributed by atoms with Crippen LogP contribution in [-0.4, -0.2) is 16.9 Å². The highest BCUT2D eigenvalue weighted by Gasteiger charge is 2.14. The topological polar surface area (TPSA) is 51.1 Å². The summed E-state index contributed by atoms with van der Waals surface area (Å²) in [4.78, 5) is 5.01. The molecule has 0 aliphatic carbocycles. The van der Waals surface area contributed by atoms with Gasteiger partial charge in [0.1, 0.15) is 0 Å². The maximum atomic E-state index is 14.3. The van der Waals surface area contributed by atoms with Gasteiger partial charge in [-0.3, -0.25) is 0 Å². The van der Waals surface area contributed by atoms with Gasteiger partial charge in [-0.15, -0.1) is 0 Å². The molecule has 0 saturated heterocycles. The van der Waals surface area contributed by atoms with Gasteiger partial charge >= 0.3 is 0 Å². The first-order valence-electron chi connectivity index (χ1n) is 9.32. The number of aromatic nitrogens is 2. The third kappa shape index (κ3) is 4.08. The molecule has 28 heavy (non-hydrogen) atoms. The van der Waals surface area contributed by atoms with Gasteiger partial charge in [0.15, 0.2) is 0 Å². The third-order valence-corrected chi connectivity index (χ3v) is 4.99. The highest BCUT2D eigenvalue weighted by molar-refractivity contribution is 5.80. The van der Waals surface area contributed by atoms with E-state index in [2.05, 4.69) is 53.2 Å². The van der Waals surface area contributed by atoms with Crippen LogP contribution < -0.4 is 10.8 Å². The number of benzene rings is 2. The molecule has 0 aliphatic rings. The van der Waals surface area contributed by atoms with E-state index in [1.165, 1.54) is 4.68 Å². The number of hydrogen-bond donors (Lipinski definition) is 2. The standard InChI is InChI=1S/C22H27FN4O/c1-14-7-6-8-20(24-13-19-16(3)25-27(4)22(19)23)21(14)18-11-9-17(10-12-18)15(2)26-28-5/h6-12,15,24,26H,13H2,1-5H3. The summed E-state index contributed by atoms with van der Waals surface area (Å²) in [5.74, 6) is -0.303. The molecule has 0 aliphatic heterocycles. The van der Waals surface area contributed by atoms with Crippen molar-refractivity contribution in [2.45, 2.75) is 33.4 Å². The lowest BCUT2D eigenvalue weighted by atomic mass is 9.96. The molecule has 1 unspecified atom stereocenters. The Morgan fingerprint density at radius 3 is 2.46 bits per heavy atom. The number of rotatable bonds is 7. The number of nitrogens with zero attached hydrogens (tertiary/aromatic N) is 2. The molecule has 0 bridgehead atoms. The predicted octanol–water partition coefficient (Wildman–Crippen LogP) is 4.67. The quantitative estimate of drug-likeness (QED) is 0.583. The largest absolute Gasteiger partial charge is 0.380 e. The van der Waals surface area contributed by atoms with Crippen LogP contribution in [0.25, 0.3) is 11.1 Å². The molecule has 1 atom stereocenters. The summed E-state index contributed by atoms with van der Waals surface area (Å²) in [6.07, 6.45) is 0. The summed E-state index contributed by atoms with van der Waals surface area (Å²) in [7, 11) is 3.23. The molecule has 2 N–H and O–H groups in total. The molecule has 6 heteroatoms. The molecule has 2 aromatic carbocycles. The predicted molar refractivity (Wildman–Crippen MR) is 110 cm³/mol. The van der Waals surface area contributed by atoms with Crippen LogP contribution in [0.15, 0.2) is 42.5 Å². The molecule has 0 fully saturated rings. The monoisotopic (exact) mass is 382 g/mol. The van der Waals surface area contributed by atoms with Gasteiger partial charge in [-0.1, -0.05) is 36.4 Å². The third-order valence-electron chi connectivity index (χ3n) is 4.99. The maximum absolute atomic E-state index is 14.3. The number of halogens is 1. The molecular formula is C22H27FN4O. The van der Waals surface area contributed by atoms with Crippen LogP contribution in [0.3, 0.4) is 0 Å². The second-order valence-electron chi connectivity index (χ2n) is 7.00. The molecule has 148 valence electrons. The average Bonchev–Trinajstić information content (AvgIpc) is 2.92. The van der Waals surface area contributed by atoms with Gasteiger partial charge in [0.05, 0.1) is 18.8 Å². The van der Waals surface area contributed by atoms with E-state index < -0.39 is 0 Å². The van der Waals surface area contributed by atoms with Crippen LogP contribution >= 0.6 is 0 Å². The molecule has 3 rings (SSSR count). The van der Waals surface area contributed by atoms with Crippen molar-refractivity contribution in [3.05, 3.63) is 70.8 Å². The van der Waals surface area contributed by atoms with Crippen LogP contribution in [0.5, 0.6) is 0 Å². The van der Waals surface area contributed by atoms with Crippen molar-refractivity contribution in [2.24, 2.45) is 7.05 Å². The smallest absolute Gasteiger partial charge is 0.216 e. The van der Waals surface area contributed by atoms with E-state index in [0.29, 0.717) is 17.8 Å². The van der Waals surface area contributed by atoms with E-state index in [1.807, 2.05) is 26.0 Å². The Bertz CT molecular complexity index is 950. The van der Waals surface area contributed by atoms with E-state index in [1.54, 1.807) is 14.2 Å². The van der Waals surface area contributed by atoms with Gasteiger partial charge < -0.3 is 10.2 Å². The van der Waals surface area contributed by atoms with Crippen LogP contribution in [-0.2, 0) is 18.4 Å². The van der Waals surface area contributed by atoms with Gasteiger partial charge in [-0.05, 0) is 43.5 Å². The summed E-state index contributed by atoms with van der Waals surface area (Å²) in [6, 6.07) is 14.6. The van der Waals surface area contributed by atoms with Crippen LogP contribution in [0.2, 0.25) is 0 Å². The zero-order valence-corrected chi connectivity index (χ0v) is 17.0. The van der Waals surface area contributed by atoms with Crippen molar-refractivity contribution in [3.8, 4) is 11.1 Å². The minimum absolute atomic E-state index is 0.102. The fraction of sp³-hybridized carbons (Fsp3) is 0.318. The maximum Gasteiger partial charge on any atom is 0.216 e. The lowest BCUT2D eigenvalue weighted by Gasteiger charge is -2.17. The summed E-state index contributed by atoms with van der Waals surface area (Å²) in [6.45, 7) is 6.34. The molecular weight excluding hydrogens is 355 g/mol. The first-order valence-corrected chi connectivity index (χ1v) is 9.32. The lowest BCUT2D eigenvalue weighted by molar-refractivity contribution is 0.0659. The minimum atomic E-state index is -0.303. The van der Waals surface area contributed by atoms with Gasteiger partial charge in [0.2, 0.25) is 5.95 Å². The SMILES string of the molecule is CONC(C)c1ccc(-c2c(C)cccc2NCc2c(C)nn(C)c2F)cc1. The number of anilines is 1. The second kappa shape index (κ2) is 8.54. The van der Waals surface area contributed by atoms with Gasteiger partial charge in [-0.2, -0.15) is 15.0 Å². The van der Waals surface area contributed by atoms with E-state index >= 15 is 0 Å². The molecule has 0 spiro atoms. The highest BCUT2D eigenvalue weighted by atomic mass is 19.1. The fourth-order valence-electron chi connectivity index (χ4n) is 3.44. The first kappa shape index (κ1) is 20.0. The first-order chi connectivity index (χ1) is 13.4. The fourth-order valence-corrected chi connectivity index (χ4v) is 3.44. The second-order valence-corrected chi connectivity index (χ2v) is 7.00. The Morgan fingerprint density at radius 2 is 1.86 bits per heavy atom. The summed E-state index contributed by atoms with van der Waals surface area (Å²) < 4.78 is 15.5. The summed E-state index contributed by atoms with van der Waals surface area (Å²) in [5.41, 5.74) is 9.72. The van der Waals surface area contributed by atoms with Crippen molar-refractivity contribution in [1.82, 2.24) is 15.3 Å². The minimum Gasteiger partial charge on any atom is -0.380 e. The Balaban J connectivity index is 1.88. The molecule has 1 aromatic heterocycles. The van der Waals surface area contributed by atoms with E-state index in [4.69, 9.17) is 4.84 Å². The number of nitrogens with one attached hydrogen (secondary N) is 2. The molecule has 0 saturated carbocycles. The average molecular weight is 382 g/mol. The van der Waals surface area contributed by atoms with Crippen molar-refractivity contribution >= 4 is 5.69 Å². The normalized spacial score (nSPS) is 12.2. The van der Waals surface area contributed by atoms with Crippen LogP contribution in [0, 0.1) is 19.8 Å². The van der Waals surface area contributed by atoms with E-state index in [9.17, 15) is 4.39 Å². The number of aryl methyl sites for hydroxylation is 3. The van der Waals surface area contributed by atoms with Crippen molar-refractivity contribution in [3.63, 3.8) is 0 Å². The Kier molecular flexibility index (Phi) is 6.11. The molecule has 0 radical (unpaired) electrons.